The van der Waals surface area contributed by atoms with E-state index in [9.17, 15) is 13.2 Å². The van der Waals surface area contributed by atoms with Crippen LogP contribution in [-0.4, -0.2) is 18.9 Å². The van der Waals surface area contributed by atoms with Crippen LogP contribution in [0.4, 0.5) is 0 Å². The fourth-order valence-corrected chi connectivity index (χ4v) is 2.83. The number of hydrogen-bond donors (Lipinski definition) is 0. The predicted octanol–water partition coefficient (Wildman–Crippen LogP) is 1.68. The van der Waals surface area contributed by atoms with Gasteiger partial charge in [0.2, 0.25) is 6.29 Å². The zero-order chi connectivity index (χ0) is 10.6. The first-order valence-electron chi connectivity index (χ1n) is 3.87. The zero-order valence-electron chi connectivity index (χ0n) is 7.18. The second-order valence-electron chi connectivity index (χ2n) is 2.62. The highest BCUT2D eigenvalue weighted by molar-refractivity contribution is 9.11. The third-order valence-electron chi connectivity index (χ3n) is 1.65. The summed E-state index contributed by atoms with van der Waals surface area (Å²) in [6.45, 7) is 0. The molecule has 1 aromatic carbocycles. The normalized spacial score (nSPS) is 13.5. The summed E-state index contributed by atoms with van der Waals surface area (Å²) in [6, 6.07) is 7.99. The molecule has 0 bridgehead atoms. The van der Waals surface area contributed by atoms with E-state index in [-0.39, 0.29) is 11.3 Å². The molecular formula is C9H8BrO3S. The molecule has 3 nitrogen and oxygen atoms in total. The Morgan fingerprint density at radius 2 is 1.86 bits per heavy atom. The summed E-state index contributed by atoms with van der Waals surface area (Å²) in [4.78, 5) is 10.3. The van der Waals surface area contributed by atoms with Crippen LogP contribution in [-0.2, 0) is 14.6 Å². The smallest absolute Gasteiger partial charge is 0.200 e. The molecule has 0 saturated heterocycles. The molecule has 0 aliphatic carbocycles. The molecule has 1 atom stereocenters. The average Bonchev–Trinajstić information content (AvgIpc) is 2.19. The van der Waals surface area contributed by atoms with E-state index in [1.165, 1.54) is 12.1 Å². The second-order valence-corrected chi connectivity index (χ2v) is 6.46. The van der Waals surface area contributed by atoms with Gasteiger partial charge in [-0.1, -0.05) is 34.1 Å². The molecule has 0 aliphatic heterocycles. The van der Waals surface area contributed by atoms with Crippen LogP contribution in [0.1, 0.15) is 6.42 Å². The third-order valence-corrected chi connectivity index (χ3v) is 5.22. The lowest BCUT2D eigenvalue weighted by atomic mass is 10.4. The molecule has 0 aliphatic rings. The predicted molar refractivity (Wildman–Crippen MR) is 56.7 cm³/mol. The molecule has 5 heteroatoms. The summed E-state index contributed by atoms with van der Waals surface area (Å²) < 4.78 is 22.5. The second kappa shape index (κ2) is 4.70. The minimum atomic E-state index is -3.45. The van der Waals surface area contributed by atoms with Crippen molar-refractivity contribution in [1.29, 1.82) is 0 Å². The van der Waals surface area contributed by atoms with Crippen molar-refractivity contribution in [2.24, 2.45) is 0 Å². The number of halogens is 1. The number of hydrogen-bond acceptors (Lipinski definition) is 3. The van der Waals surface area contributed by atoms with E-state index in [0.29, 0.717) is 0 Å². The fourth-order valence-electron chi connectivity index (χ4n) is 0.933. The highest BCUT2D eigenvalue weighted by Crippen LogP contribution is 2.21. The number of alkyl halides is 1. The fraction of sp³-hybridized carbons (Fsp3) is 0.222. The summed E-state index contributed by atoms with van der Waals surface area (Å²) >= 11 is 2.95. The van der Waals surface area contributed by atoms with Crippen molar-refractivity contribution < 1.29 is 13.2 Å². The Balaban J connectivity index is 3.03. The van der Waals surface area contributed by atoms with E-state index in [0.717, 1.165) is 0 Å². The van der Waals surface area contributed by atoms with Crippen LogP contribution in [0.25, 0.3) is 0 Å². The highest BCUT2D eigenvalue weighted by Gasteiger charge is 2.24. The SMILES string of the molecule is O=[C]CC(Br)S(=O)(=O)c1ccccc1. The van der Waals surface area contributed by atoms with Crippen molar-refractivity contribution in [3.05, 3.63) is 30.3 Å². The Morgan fingerprint density at radius 3 is 2.36 bits per heavy atom. The van der Waals surface area contributed by atoms with Gasteiger partial charge in [0.25, 0.3) is 0 Å². The maximum absolute atomic E-state index is 11.7. The number of benzene rings is 1. The minimum Gasteiger partial charge on any atom is -0.291 e. The van der Waals surface area contributed by atoms with Gasteiger partial charge >= 0.3 is 0 Å². The molecule has 1 rings (SSSR count). The zero-order valence-corrected chi connectivity index (χ0v) is 9.58. The van der Waals surface area contributed by atoms with E-state index in [4.69, 9.17) is 0 Å². The lowest BCUT2D eigenvalue weighted by Crippen LogP contribution is -2.15. The Bertz CT molecular complexity index is 399. The lowest BCUT2D eigenvalue weighted by Gasteiger charge is -2.07. The van der Waals surface area contributed by atoms with Crippen molar-refractivity contribution in [3.8, 4) is 0 Å². The van der Waals surface area contributed by atoms with Gasteiger partial charge in [-0.05, 0) is 12.1 Å². The quantitative estimate of drug-likeness (QED) is 0.786. The standard InChI is InChI=1S/C9H8BrO3S/c10-9(6-7-11)14(12,13)8-4-2-1-3-5-8/h1-5,9H,6H2. The van der Waals surface area contributed by atoms with Crippen LogP contribution in [0, 0.1) is 0 Å². The topological polar surface area (TPSA) is 51.2 Å². The molecule has 14 heavy (non-hydrogen) atoms. The summed E-state index contributed by atoms with van der Waals surface area (Å²) in [6.07, 6.45) is 1.40. The monoisotopic (exact) mass is 275 g/mol. The van der Waals surface area contributed by atoms with Gasteiger partial charge < -0.3 is 0 Å². The van der Waals surface area contributed by atoms with Crippen molar-refractivity contribution in [3.63, 3.8) is 0 Å². The molecule has 0 N–H and O–H groups in total. The Hall–Kier alpha value is -0.680. The van der Waals surface area contributed by atoms with Crippen molar-refractivity contribution in [1.82, 2.24) is 0 Å². The maximum Gasteiger partial charge on any atom is 0.200 e. The molecule has 1 radical (unpaired) electrons. The number of carbonyl (C=O) groups excluding carboxylic acids is 1. The third kappa shape index (κ3) is 2.42. The highest BCUT2D eigenvalue weighted by atomic mass is 79.9. The summed E-state index contributed by atoms with van der Waals surface area (Å²) in [5.74, 6) is 0. The Morgan fingerprint density at radius 1 is 1.29 bits per heavy atom. The van der Waals surface area contributed by atoms with Gasteiger partial charge in [-0.3, -0.25) is 4.79 Å². The van der Waals surface area contributed by atoms with E-state index >= 15 is 0 Å². The largest absolute Gasteiger partial charge is 0.291 e. The summed E-state index contributed by atoms with van der Waals surface area (Å²) in [5, 5.41) is 0. The van der Waals surface area contributed by atoms with Gasteiger partial charge in [0.15, 0.2) is 9.84 Å². The molecule has 0 heterocycles. The van der Waals surface area contributed by atoms with E-state index < -0.39 is 14.0 Å². The first kappa shape index (κ1) is 11.4. The molecule has 0 amide bonds. The van der Waals surface area contributed by atoms with Gasteiger partial charge in [0, 0.05) is 6.42 Å². The van der Waals surface area contributed by atoms with E-state index in [1.807, 2.05) is 0 Å². The van der Waals surface area contributed by atoms with Crippen LogP contribution in [0.5, 0.6) is 0 Å². The van der Waals surface area contributed by atoms with E-state index in [2.05, 4.69) is 15.9 Å². The van der Waals surface area contributed by atoms with Gasteiger partial charge in [0.05, 0.1) is 4.90 Å². The molecule has 75 valence electrons. The Kier molecular flexibility index (Phi) is 3.83. The maximum atomic E-state index is 11.7. The van der Waals surface area contributed by atoms with Crippen LogP contribution in [0.15, 0.2) is 35.2 Å². The van der Waals surface area contributed by atoms with Gasteiger partial charge in [0.1, 0.15) is 4.16 Å². The molecule has 1 aromatic rings. The first-order valence-corrected chi connectivity index (χ1v) is 6.33. The molecule has 0 aromatic heterocycles. The van der Waals surface area contributed by atoms with Gasteiger partial charge in [-0.15, -0.1) is 0 Å². The van der Waals surface area contributed by atoms with Gasteiger partial charge in [-0.2, -0.15) is 0 Å². The van der Waals surface area contributed by atoms with Crippen LogP contribution in [0.3, 0.4) is 0 Å². The lowest BCUT2D eigenvalue weighted by molar-refractivity contribution is 0.550. The van der Waals surface area contributed by atoms with E-state index in [1.54, 1.807) is 24.5 Å². The van der Waals surface area contributed by atoms with Crippen molar-refractivity contribution >= 4 is 32.1 Å². The summed E-state index contributed by atoms with van der Waals surface area (Å²) in [5.41, 5.74) is 0. The summed E-state index contributed by atoms with van der Waals surface area (Å²) in [7, 11) is -3.45. The van der Waals surface area contributed by atoms with Crippen LogP contribution in [0.2, 0.25) is 0 Å². The molecule has 1 unspecified atom stereocenters. The Labute approximate surface area is 91.2 Å². The van der Waals surface area contributed by atoms with Crippen LogP contribution >= 0.6 is 15.9 Å². The van der Waals surface area contributed by atoms with Crippen molar-refractivity contribution in [2.45, 2.75) is 15.5 Å². The molecular weight excluding hydrogens is 268 g/mol. The number of sulfone groups is 1. The first-order chi connectivity index (χ1) is 6.59. The average molecular weight is 276 g/mol. The van der Waals surface area contributed by atoms with Gasteiger partial charge in [-0.25, -0.2) is 8.42 Å². The van der Waals surface area contributed by atoms with Crippen LogP contribution < -0.4 is 0 Å². The molecule has 0 fully saturated rings. The molecule has 0 spiro atoms. The number of rotatable bonds is 4. The van der Waals surface area contributed by atoms with Crippen molar-refractivity contribution in [2.75, 3.05) is 0 Å². The molecule has 0 saturated carbocycles. The minimum absolute atomic E-state index is 0.169.